The Morgan fingerprint density at radius 1 is 1.61 bits per heavy atom. The van der Waals surface area contributed by atoms with Crippen LogP contribution in [0.3, 0.4) is 0 Å². The maximum absolute atomic E-state index is 9.24. The topological polar surface area (TPSA) is 45.0 Å². The molecule has 1 saturated heterocycles. The monoisotopic (exact) mass is 308 g/mol. The number of nitriles is 1. The molecule has 1 aliphatic heterocycles. The summed E-state index contributed by atoms with van der Waals surface area (Å²) in [6.45, 7) is 3.62. The fourth-order valence-corrected chi connectivity index (χ4v) is 2.48. The normalized spacial score (nSPS) is 20.6. The molecule has 1 aromatic rings. The first-order valence-corrected chi connectivity index (χ1v) is 7.00. The molecule has 1 aliphatic rings. The van der Waals surface area contributed by atoms with Crippen LogP contribution in [0.15, 0.2) is 22.7 Å². The summed E-state index contributed by atoms with van der Waals surface area (Å²) in [5, 5.41) is 12.5. The van der Waals surface area contributed by atoms with E-state index in [9.17, 15) is 5.26 Å². The minimum absolute atomic E-state index is 0.259. The molecule has 18 heavy (non-hydrogen) atoms. The fraction of sp³-hybridized carbons (Fsp3) is 0.500. The Kier molecular flexibility index (Phi) is 4.76. The van der Waals surface area contributed by atoms with Crippen molar-refractivity contribution in [3.05, 3.63) is 33.8 Å². The summed E-state index contributed by atoms with van der Waals surface area (Å²) in [4.78, 5) is 0. The number of aryl methyl sites for hydroxylation is 1. The van der Waals surface area contributed by atoms with Crippen LogP contribution in [0.5, 0.6) is 0 Å². The number of hydrogen-bond acceptors (Lipinski definition) is 3. The first-order chi connectivity index (χ1) is 8.70. The number of hydrogen-bond donors (Lipinski definition) is 1. The lowest BCUT2D eigenvalue weighted by Gasteiger charge is -2.16. The van der Waals surface area contributed by atoms with Crippen LogP contribution in [0.25, 0.3) is 0 Å². The third-order valence-corrected chi connectivity index (χ3v) is 4.09. The van der Waals surface area contributed by atoms with Gasteiger partial charge in [-0.3, -0.25) is 5.32 Å². The first-order valence-electron chi connectivity index (χ1n) is 6.21. The van der Waals surface area contributed by atoms with E-state index in [0.717, 1.165) is 36.0 Å². The van der Waals surface area contributed by atoms with E-state index in [2.05, 4.69) is 27.3 Å². The van der Waals surface area contributed by atoms with Crippen molar-refractivity contribution >= 4 is 15.9 Å². The minimum Gasteiger partial charge on any atom is -0.377 e. The molecule has 0 aliphatic carbocycles. The second-order valence-corrected chi connectivity index (χ2v) is 5.47. The molecule has 0 aromatic heterocycles. The van der Waals surface area contributed by atoms with Gasteiger partial charge in [0.2, 0.25) is 0 Å². The Morgan fingerprint density at radius 2 is 2.44 bits per heavy atom. The largest absolute Gasteiger partial charge is 0.377 e. The quantitative estimate of drug-likeness (QED) is 0.929. The average Bonchev–Trinajstić information content (AvgIpc) is 2.87. The molecule has 0 amide bonds. The van der Waals surface area contributed by atoms with Crippen LogP contribution >= 0.6 is 15.9 Å². The molecular weight excluding hydrogens is 292 g/mol. The average molecular weight is 309 g/mol. The van der Waals surface area contributed by atoms with Crippen molar-refractivity contribution in [1.82, 2.24) is 5.32 Å². The molecule has 4 heteroatoms. The standard InChI is InChI=1S/C14H17BrN2O/c1-10-4-5-11(7-13(10)15)14(8-16)17-9-12-3-2-6-18-12/h4-5,7,12,14,17H,2-3,6,9H2,1H3. The summed E-state index contributed by atoms with van der Waals surface area (Å²) in [7, 11) is 0. The van der Waals surface area contributed by atoms with Gasteiger partial charge in [-0.1, -0.05) is 28.1 Å². The summed E-state index contributed by atoms with van der Waals surface area (Å²) in [6, 6.07) is 8.06. The van der Waals surface area contributed by atoms with Gasteiger partial charge in [0, 0.05) is 17.6 Å². The van der Waals surface area contributed by atoms with Crippen molar-refractivity contribution in [1.29, 1.82) is 5.26 Å². The van der Waals surface area contributed by atoms with Crippen molar-refractivity contribution in [3.63, 3.8) is 0 Å². The van der Waals surface area contributed by atoms with E-state index in [1.165, 1.54) is 5.56 Å². The van der Waals surface area contributed by atoms with Crippen LogP contribution < -0.4 is 5.32 Å². The second kappa shape index (κ2) is 6.33. The van der Waals surface area contributed by atoms with Gasteiger partial charge < -0.3 is 4.74 Å². The van der Waals surface area contributed by atoms with E-state index in [4.69, 9.17) is 4.74 Å². The number of nitrogens with one attached hydrogen (secondary N) is 1. The molecule has 2 atom stereocenters. The van der Waals surface area contributed by atoms with Gasteiger partial charge in [-0.2, -0.15) is 5.26 Å². The Bertz CT molecular complexity index is 450. The Hall–Kier alpha value is -0.890. The van der Waals surface area contributed by atoms with E-state index in [-0.39, 0.29) is 12.1 Å². The third kappa shape index (κ3) is 3.32. The molecule has 0 radical (unpaired) electrons. The highest BCUT2D eigenvalue weighted by molar-refractivity contribution is 9.10. The van der Waals surface area contributed by atoms with Crippen molar-refractivity contribution in [2.75, 3.05) is 13.2 Å². The predicted octanol–water partition coefficient (Wildman–Crippen LogP) is 3.09. The van der Waals surface area contributed by atoms with Gasteiger partial charge >= 0.3 is 0 Å². The van der Waals surface area contributed by atoms with E-state index < -0.39 is 0 Å². The molecule has 1 N–H and O–H groups in total. The van der Waals surface area contributed by atoms with Gasteiger partial charge in [0.25, 0.3) is 0 Å². The van der Waals surface area contributed by atoms with Crippen LogP contribution in [0.2, 0.25) is 0 Å². The summed E-state index contributed by atoms with van der Waals surface area (Å²) >= 11 is 3.50. The first kappa shape index (κ1) is 13.5. The summed E-state index contributed by atoms with van der Waals surface area (Å²) in [5.74, 6) is 0. The molecule has 1 heterocycles. The zero-order valence-corrected chi connectivity index (χ0v) is 12.0. The summed E-state index contributed by atoms with van der Waals surface area (Å²) in [5.41, 5.74) is 2.17. The van der Waals surface area contributed by atoms with E-state index in [0.29, 0.717) is 0 Å². The zero-order chi connectivity index (χ0) is 13.0. The van der Waals surface area contributed by atoms with Crippen LogP contribution in [0.1, 0.15) is 30.0 Å². The highest BCUT2D eigenvalue weighted by Gasteiger charge is 2.18. The zero-order valence-electron chi connectivity index (χ0n) is 10.4. The lowest BCUT2D eigenvalue weighted by atomic mass is 10.1. The summed E-state index contributed by atoms with van der Waals surface area (Å²) < 4.78 is 6.59. The van der Waals surface area contributed by atoms with Crippen LogP contribution in [0, 0.1) is 18.3 Å². The van der Waals surface area contributed by atoms with E-state index in [1.54, 1.807) is 0 Å². The SMILES string of the molecule is Cc1ccc(C(C#N)NCC2CCCO2)cc1Br. The Labute approximate surface area is 116 Å². The molecule has 96 valence electrons. The van der Waals surface area contributed by atoms with Gasteiger partial charge in [0.1, 0.15) is 6.04 Å². The van der Waals surface area contributed by atoms with Crippen molar-refractivity contribution in [2.45, 2.75) is 31.9 Å². The fourth-order valence-electron chi connectivity index (χ4n) is 2.08. The molecule has 1 fully saturated rings. The maximum atomic E-state index is 9.24. The molecule has 3 nitrogen and oxygen atoms in total. The van der Waals surface area contributed by atoms with Crippen molar-refractivity contribution in [2.24, 2.45) is 0 Å². The number of benzene rings is 1. The maximum Gasteiger partial charge on any atom is 0.121 e. The molecule has 0 saturated carbocycles. The van der Waals surface area contributed by atoms with Crippen LogP contribution in [-0.4, -0.2) is 19.3 Å². The van der Waals surface area contributed by atoms with Crippen molar-refractivity contribution < 1.29 is 4.74 Å². The van der Waals surface area contributed by atoms with Gasteiger partial charge in [0.05, 0.1) is 12.2 Å². The van der Waals surface area contributed by atoms with Crippen LogP contribution in [0.4, 0.5) is 0 Å². The smallest absolute Gasteiger partial charge is 0.121 e. The number of halogens is 1. The van der Waals surface area contributed by atoms with Crippen LogP contribution in [-0.2, 0) is 4.74 Å². The molecular formula is C14H17BrN2O. The number of ether oxygens (including phenoxy) is 1. The number of rotatable bonds is 4. The minimum atomic E-state index is -0.272. The third-order valence-electron chi connectivity index (χ3n) is 3.23. The van der Waals surface area contributed by atoms with Gasteiger partial charge in [-0.05, 0) is 37.0 Å². The molecule has 2 unspecified atom stereocenters. The highest BCUT2D eigenvalue weighted by atomic mass is 79.9. The molecule has 0 spiro atoms. The lowest BCUT2D eigenvalue weighted by molar-refractivity contribution is 0.109. The van der Waals surface area contributed by atoms with Gasteiger partial charge in [0.15, 0.2) is 0 Å². The molecule has 0 bridgehead atoms. The second-order valence-electron chi connectivity index (χ2n) is 4.61. The Balaban J connectivity index is 1.99. The summed E-state index contributed by atoms with van der Waals surface area (Å²) in [6.07, 6.45) is 2.47. The predicted molar refractivity (Wildman–Crippen MR) is 74.2 cm³/mol. The van der Waals surface area contributed by atoms with E-state index >= 15 is 0 Å². The van der Waals surface area contributed by atoms with E-state index in [1.807, 2.05) is 25.1 Å². The van der Waals surface area contributed by atoms with Gasteiger partial charge in [-0.25, -0.2) is 0 Å². The molecule has 2 rings (SSSR count). The molecule has 1 aromatic carbocycles. The van der Waals surface area contributed by atoms with Crippen molar-refractivity contribution in [3.8, 4) is 6.07 Å². The lowest BCUT2D eigenvalue weighted by Crippen LogP contribution is -2.29. The van der Waals surface area contributed by atoms with Gasteiger partial charge in [-0.15, -0.1) is 0 Å². The highest BCUT2D eigenvalue weighted by Crippen LogP contribution is 2.22. The number of nitrogens with zero attached hydrogens (tertiary/aromatic N) is 1. The Morgan fingerprint density at radius 3 is 3.06 bits per heavy atom.